The number of aliphatic hydroxyl groups is 1. The van der Waals surface area contributed by atoms with Crippen LogP contribution in [-0.2, 0) is 21.7 Å². The monoisotopic (exact) mass is 382 g/mol. The first-order valence-electron chi connectivity index (χ1n) is 8.68. The molecule has 3 aromatic rings. The van der Waals surface area contributed by atoms with Gasteiger partial charge in [-0.15, -0.1) is 11.3 Å². The maximum absolute atomic E-state index is 12.0. The lowest BCUT2D eigenvalue weighted by Crippen LogP contribution is -2.45. The molecule has 0 saturated heterocycles. The van der Waals surface area contributed by atoms with Crippen LogP contribution < -0.4 is 10.6 Å². The number of thiophene rings is 1. The van der Waals surface area contributed by atoms with E-state index in [9.17, 15) is 14.7 Å². The number of fused-ring (bicyclic) bond motifs is 1. The normalized spacial score (nSPS) is 13.1. The average molecular weight is 382 g/mol. The Bertz CT molecular complexity index is 928. The Hall–Kier alpha value is -2.70. The van der Waals surface area contributed by atoms with Crippen molar-refractivity contribution in [1.29, 1.82) is 0 Å². The van der Waals surface area contributed by atoms with Gasteiger partial charge in [0.15, 0.2) is 0 Å². The van der Waals surface area contributed by atoms with Crippen LogP contribution in [0.3, 0.4) is 0 Å². The Kier molecular flexibility index (Phi) is 5.58. The van der Waals surface area contributed by atoms with Crippen molar-refractivity contribution in [3.05, 3.63) is 70.6 Å². The number of benzene rings is 2. The third kappa shape index (κ3) is 4.72. The summed E-state index contributed by atoms with van der Waals surface area (Å²) >= 11 is 1.47. The van der Waals surface area contributed by atoms with Gasteiger partial charge in [-0.05, 0) is 36.9 Å². The third-order valence-electron chi connectivity index (χ3n) is 4.33. The van der Waals surface area contributed by atoms with Crippen LogP contribution in [0.5, 0.6) is 0 Å². The molecule has 1 heterocycles. The molecule has 0 spiro atoms. The number of rotatable bonds is 5. The Balaban J connectivity index is 1.55. The smallest absolute Gasteiger partial charge is 0.309 e. The van der Waals surface area contributed by atoms with Gasteiger partial charge in [0.2, 0.25) is 0 Å². The van der Waals surface area contributed by atoms with E-state index in [0.717, 1.165) is 26.1 Å². The quantitative estimate of drug-likeness (QED) is 0.594. The maximum atomic E-state index is 12.0. The number of carbonyl (C=O) groups is 2. The standard InChI is InChI=1S/C21H22N2O3S/c1-14-7-9-15(10-8-14)12-22-19(24)20(25)23-13-21(2,26)18-11-16-5-3-4-6-17(16)27-18/h3-11,26H,12-13H2,1-2H3,(H,22,24)(H,23,25). The van der Waals surface area contributed by atoms with Crippen LogP contribution in [0.1, 0.15) is 22.9 Å². The van der Waals surface area contributed by atoms with E-state index in [-0.39, 0.29) is 13.1 Å². The number of amides is 2. The summed E-state index contributed by atoms with van der Waals surface area (Å²) in [5.74, 6) is -1.48. The summed E-state index contributed by atoms with van der Waals surface area (Å²) in [4.78, 5) is 24.8. The van der Waals surface area contributed by atoms with Gasteiger partial charge in [0, 0.05) is 16.1 Å². The molecule has 3 N–H and O–H groups in total. The summed E-state index contributed by atoms with van der Waals surface area (Å²) in [5, 5.41) is 16.9. The highest BCUT2D eigenvalue weighted by atomic mass is 32.1. The van der Waals surface area contributed by atoms with Crippen molar-refractivity contribution in [3.8, 4) is 0 Å². The van der Waals surface area contributed by atoms with Crippen LogP contribution in [0.25, 0.3) is 10.1 Å². The Labute approximate surface area is 162 Å². The largest absolute Gasteiger partial charge is 0.383 e. The van der Waals surface area contributed by atoms with Crippen LogP contribution >= 0.6 is 11.3 Å². The molecule has 27 heavy (non-hydrogen) atoms. The molecule has 0 radical (unpaired) electrons. The first kappa shape index (κ1) is 19.1. The Morgan fingerprint density at radius 2 is 1.70 bits per heavy atom. The molecule has 2 amide bonds. The molecule has 0 fully saturated rings. The van der Waals surface area contributed by atoms with E-state index in [1.54, 1.807) is 6.92 Å². The lowest BCUT2D eigenvalue weighted by atomic mass is 10.0. The lowest BCUT2D eigenvalue weighted by molar-refractivity contribution is -0.139. The minimum absolute atomic E-state index is 0.0450. The van der Waals surface area contributed by atoms with Gasteiger partial charge in [0.25, 0.3) is 0 Å². The second-order valence-corrected chi connectivity index (χ2v) is 7.86. The highest BCUT2D eigenvalue weighted by Crippen LogP contribution is 2.32. The highest BCUT2D eigenvalue weighted by Gasteiger charge is 2.27. The second kappa shape index (κ2) is 7.90. The third-order valence-corrected chi connectivity index (χ3v) is 5.70. The molecule has 6 heteroatoms. The molecule has 2 aromatic carbocycles. The van der Waals surface area contributed by atoms with Crippen LogP contribution in [0.2, 0.25) is 0 Å². The minimum Gasteiger partial charge on any atom is -0.383 e. The second-order valence-electron chi connectivity index (χ2n) is 6.77. The Morgan fingerprint density at radius 3 is 2.41 bits per heavy atom. The van der Waals surface area contributed by atoms with Crippen LogP contribution in [0.15, 0.2) is 54.6 Å². The molecule has 1 unspecified atom stereocenters. The Morgan fingerprint density at radius 1 is 1.04 bits per heavy atom. The van der Waals surface area contributed by atoms with Gasteiger partial charge in [0.1, 0.15) is 5.60 Å². The summed E-state index contributed by atoms with van der Waals surface area (Å²) in [6.45, 7) is 3.84. The number of hydrogen-bond acceptors (Lipinski definition) is 4. The zero-order valence-corrected chi connectivity index (χ0v) is 16.1. The van der Waals surface area contributed by atoms with E-state index < -0.39 is 17.4 Å². The zero-order valence-electron chi connectivity index (χ0n) is 15.3. The fourth-order valence-electron chi connectivity index (χ4n) is 2.64. The van der Waals surface area contributed by atoms with Crippen molar-refractivity contribution in [2.45, 2.75) is 26.0 Å². The molecule has 0 saturated carbocycles. The van der Waals surface area contributed by atoms with E-state index in [1.807, 2.05) is 61.5 Å². The van der Waals surface area contributed by atoms with E-state index in [1.165, 1.54) is 11.3 Å². The van der Waals surface area contributed by atoms with Gasteiger partial charge in [-0.1, -0.05) is 48.0 Å². The van der Waals surface area contributed by atoms with Crippen molar-refractivity contribution >= 4 is 33.2 Å². The molecular weight excluding hydrogens is 360 g/mol. The number of carbonyl (C=O) groups excluding carboxylic acids is 2. The molecule has 5 nitrogen and oxygen atoms in total. The van der Waals surface area contributed by atoms with Crippen LogP contribution in [0, 0.1) is 6.92 Å². The zero-order chi connectivity index (χ0) is 19.4. The van der Waals surface area contributed by atoms with Gasteiger partial charge in [-0.25, -0.2) is 0 Å². The van der Waals surface area contributed by atoms with Crippen molar-refractivity contribution in [2.24, 2.45) is 0 Å². The van der Waals surface area contributed by atoms with Crippen LogP contribution in [0.4, 0.5) is 0 Å². The molecule has 0 aliphatic rings. The molecule has 140 valence electrons. The molecule has 0 aliphatic carbocycles. The van der Waals surface area contributed by atoms with E-state index in [4.69, 9.17) is 0 Å². The van der Waals surface area contributed by atoms with E-state index >= 15 is 0 Å². The first-order chi connectivity index (χ1) is 12.8. The number of hydrogen-bond donors (Lipinski definition) is 3. The number of aryl methyl sites for hydroxylation is 1. The fraction of sp³-hybridized carbons (Fsp3) is 0.238. The van der Waals surface area contributed by atoms with Gasteiger partial charge < -0.3 is 15.7 Å². The summed E-state index contributed by atoms with van der Waals surface area (Å²) in [6.07, 6.45) is 0. The highest BCUT2D eigenvalue weighted by molar-refractivity contribution is 7.19. The van der Waals surface area contributed by atoms with Crippen molar-refractivity contribution in [1.82, 2.24) is 10.6 Å². The van der Waals surface area contributed by atoms with Gasteiger partial charge in [-0.2, -0.15) is 0 Å². The average Bonchev–Trinajstić information content (AvgIpc) is 3.10. The van der Waals surface area contributed by atoms with Gasteiger partial charge in [0.05, 0.1) is 6.54 Å². The molecule has 1 atom stereocenters. The molecule has 0 bridgehead atoms. The summed E-state index contributed by atoms with van der Waals surface area (Å²) in [7, 11) is 0. The van der Waals surface area contributed by atoms with Crippen LogP contribution in [-0.4, -0.2) is 23.5 Å². The summed E-state index contributed by atoms with van der Waals surface area (Å²) in [5.41, 5.74) is 0.793. The predicted octanol–water partition coefficient (Wildman–Crippen LogP) is 2.85. The fourth-order valence-corrected chi connectivity index (χ4v) is 3.74. The van der Waals surface area contributed by atoms with Crippen molar-refractivity contribution < 1.29 is 14.7 Å². The maximum Gasteiger partial charge on any atom is 0.309 e. The van der Waals surface area contributed by atoms with Gasteiger partial charge >= 0.3 is 11.8 Å². The summed E-state index contributed by atoms with van der Waals surface area (Å²) in [6, 6.07) is 17.4. The summed E-state index contributed by atoms with van der Waals surface area (Å²) < 4.78 is 1.06. The predicted molar refractivity (Wildman–Crippen MR) is 107 cm³/mol. The first-order valence-corrected chi connectivity index (χ1v) is 9.50. The van der Waals surface area contributed by atoms with Gasteiger partial charge in [-0.3, -0.25) is 9.59 Å². The van der Waals surface area contributed by atoms with Crippen molar-refractivity contribution in [3.63, 3.8) is 0 Å². The topological polar surface area (TPSA) is 78.4 Å². The molecule has 1 aromatic heterocycles. The van der Waals surface area contributed by atoms with Crippen molar-refractivity contribution in [2.75, 3.05) is 6.54 Å². The molecule has 3 rings (SSSR count). The number of nitrogens with one attached hydrogen (secondary N) is 2. The minimum atomic E-state index is -1.25. The molecule has 0 aliphatic heterocycles. The lowest BCUT2D eigenvalue weighted by Gasteiger charge is -2.22. The molecular formula is C21H22N2O3S. The van der Waals surface area contributed by atoms with E-state index in [2.05, 4.69) is 10.6 Å². The SMILES string of the molecule is Cc1ccc(CNC(=O)C(=O)NCC(C)(O)c2cc3ccccc3s2)cc1. The van der Waals surface area contributed by atoms with E-state index in [0.29, 0.717) is 0 Å².